The first-order valence-corrected chi connectivity index (χ1v) is 7.20. The van der Waals surface area contributed by atoms with Gasteiger partial charge in [-0.1, -0.05) is 17.7 Å². The van der Waals surface area contributed by atoms with E-state index in [1.54, 1.807) is 0 Å². The van der Waals surface area contributed by atoms with E-state index < -0.39 is 5.97 Å². The molecule has 0 bridgehead atoms. The highest BCUT2D eigenvalue weighted by Gasteiger charge is 2.13. The average Bonchev–Trinajstić information content (AvgIpc) is 2.49. The minimum Gasteiger partial charge on any atom is -0.478 e. The zero-order valence-corrected chi connectivity index (χ0v) is 12.1. The third-order valence-corrected chi connectivity index (χ3v) is 3.86. The average molecular weight is 304 g/mol. The minimum absolute atomic E-state index is 0.0396. The molecule has 1 N–H and O–H groups in total. The summed E-state index contributed by atoms with van der Waals surface area (Å²) in [6.45, 7) is 0. The summed E-state index contributed by atoms with van der Waals surface area (Å²) >= 11 is 6.02. The standard InChI is InChI=1S/C16H14ClNO3/c17-14-8-12(16(19)20)9-18-15(14)21-13-6-5-10-3-1-2-4-11(10)7-13/h5-9H,1-4H2,(H,19,20). The van der Waals surface area contributed by atoms with Crippen molar-refractivity contribution in [2.45, 2.75) is 25.7 Å². The van der Waals surface area contributed by atoms with Crippen molar-refractivity contribution in [2.75, 3.05) is 0 Å². The Kier molecular flexibility index (Phi) is 3.80. The van der Waals surface area contributed by atoms with Crippen LogP contribution in [0.2, 0.25) is 5.02 Å². The van der Waals surface area contributed by atoms with Gasteiger partial charge in [0.2, 0.25) is 5.88 Å². The Balaban J connectivity index is 1.85. The summed E-state index contributed by atoms with van der Waals surface area (Å²) in [4.78, 5) is 14.8. The van der Waals surface area contributed by atoms with E-state index in [0.717, 1.165) is 12.8 Å². The molecule has 0 atom stereocenters. The summed E-state index contributed by atoms with van der Waals surface area (Å²) in [5, 5.41) is 9.07. The number of aromatic nitrogens is 1. The van der Waals surface area contributed by atoms with Crippen molar-refractivity contribution in [3.63, 3.8) is 0 Å². The van der Waals surface area contributed by atoms with Crippen LogP contribution in [0.3, 0.4) is 0 Å². The minimum atomic E-state index is -1.07. The van der Waals surface area contributed by atoms with Crippen LogP contribution in [-0.2, 0) is 12.8 Å². The smallest absolute Gasteiger partial charge is 0.337 e. The summed E-state index contributed by atoms with van der Waals surface area (Å²) in [7, 11) is 0. The lowest BCUT2D eigenvalue weighted by molar-refractivity contribution is 0.0696. The van der Waals surface area contributed by atoms with Crippen LogP contribution in [0.1, 0.15) is 34.3 Å². The Labute approximate surface area is 127 Å². The summed E-state index contributed by atoms with van der Waals surface area (Å²) in [6, 6.07) is 7.32. The quantitative estimate of drug-likeness (QED) is 0.927. The molecule has 108 valence electrons. The number of rotatable bonds is 3. The van der Waals surface area contributed by atoms with E-state index in [9.17, 15) is 4.79 Å². The molecular weight excluding hydrogens is 290 g/mol. The molecule has 5 heteroatoms. The van der Waals surface area contributed by atoms with Crippen molar-refractivity contribution in [3.8, 4) is 11.6 Å². The molecule has 1 aromatic heterocycles. The van der Waals surface area contributed by atoms with Gasteiger partial charge in [0.1, 0.15) is 10.8 Å². The van der Waals surface area contributed by atoms with Gasteiger partial charge in [0.15, 0.2) is 0 Å². The summed E-state index contributed by atoms with van der Waals surface area (Å²) in [6.07, 6.45) is 5.84. The molecule has 0 saturated heterocycles. The molecule has 1 aromatic carbocycles. The van der Waals surface area contributed by atoms with E-state index in [2.05, 4.69) is 11.1 Å². The van der Waals surface area contributed by atoms with E-state index >= 15 is 0 Å². The zero-order valence-electron chi connectivity index (χ0n) is 11.3. The Morgan fingerprint density at radius 3 is 2.67 bits per heavy atom. The molecule has 4 nitrogen and oxygen atoms in total. The lowest BCUT2D eigenvalue weighted by atomic mass is 9.92. The second kappa shape index (κ2) is 5.74. The maximum absolute atomic E-state index is 10.8. The van der Waals surface area contributed by atoms with Gasteiger partial charge in [-0.15, -0.1) is 0 Å². The first kappa shape index (κ1) is 13.9. The first-order chi connectivity index (χ1) is 10.1. The van der Waals surface area contributed by atoms with Gasteiger partial charge in [-0.2, -0.15) is 0 Å². The van der Waals surface area contributed by atoms with Crippen molar-refractivity contribution in [3.05, 3.63) is 52.2 Å². The molecule has 0 aliphatic heterocycles. The van der Waals surface area contributed by atoms with Crippen molar-refractivity contribution < 1.29 is 14.6 Å². The number of aryl methyl sites for hydroxylation is 2. The number of carboxylic acids is 1. The molecule has 2 aromatic rings. The molecular formula is C16H14ClNO3. The van der Waals surface area contributed by atoms with Crippen LogP contribution in [-0.4, -0.2) is 16.1 Å². The fourth-order valence-corrected chi connectivity index (χ4v) is 2.71. The predicted molar refractivity (Wildman–Crippen MR) is 79.4 cm³/mol. The van der Waals surface area contributed by atoms with Gasteiger partial charge in [0.25, 0.3) is 0 Å². The summed E-state index contributed by atoms with van der Waals surface area (Å²) in [5.41, 5.74) is 2.71. The Morgan fingerprint density at radius 1 is 1.19 bits per heavy atom. The fourth-order valence-electron chi connectivity index (χ4n) is 2.50. The number of hydrogen-bond acceptors (Lipinski definition) is 3. The lowest BCUT2D eigenvalue weighted by Crippen LogP contribution is -2.03. The van der Waals surface area contributed by atoms with Crippen molar-refractivity contribution in [2.24, 2.45) is 0 Å². The number of carboxylic acid groups (broad SMARTS) is 1. The molecule has 1 heterocycles. The number of pyridine rings is 1. The molecule has 0 fully saturated rings. The summed E-state index contributed by atoms with van der Waals surface area (Å²) < 4.78 is 5.67. The van der Waals surface area contributed by atoms with Gasteiger partial charge in [-0.3, -0.25) is 0 Å². The second-order valence-electron chi connectivity index (χ2n) is 5.06. The van der Waals surface area contributed by atoms with E-state index in [1.807, 2.05) is 12.1 Å². The number of fused-ring (bicyclic) bond motifs is 1. The maximum atomic E-state index is 10.8. The molecule has 1 aliphatic carbocycles. The van der Waals surface area contributed by atoms with Crippen LogP contribution in [0.5, 0.6) is 11.6 Å². The highest BCUT2D eigenvalue weighted by atomic mass is 35.5. The first-order valence-electron chi connectivity index (χ1n) is 6.82. The van der Waals surface area contributed by atoms with E-state index in [1.165, 1.54) is 36.2 Å². The van der Waals surface area contributed by atoms with Gasteiger partial charge in [0.05, 0.1) is 5.56 Å². The number of nitrogens with zero attached hydrogens (tertiary/aromatic N) is 1. The number of carbonyl (C=O) groups is 1. The van der Waals surface area contributed by atoms with Crippen molar-refractivity contribution >= 4 is 17.6 Å². The highest BCUT2D eigenvalue weighted by molar-refractivity contribution is 6.32. The highest BCUT2D eigenvalue weighted by Crippen LogP contribution is 2.31. The molecule has 0 spiro atoms. The van der Waals surface area contributed by atoms with Crippen LogP contribution in [0, 0.1) is 0 Å². The number of hydrogen-bond donors (Lipinski definition) is 1. The molecule has 21 heavy (non-hydrogen) atoms. The summed E-state index contributed by atoms with van der Waals surface area (Å²) in [5.74, 6) is -0.171. The Morgan fingerprint density at radius 2 is 1.95 bits per heavy atom. The van der Waals surface area contributed by atoms with Gasteiger partial charge >= 0.3 is 5.97 Å². The number of halogens is 1. The molecule has 0 amide bonds. The van der Waals surface area contributed by atoms with Crippen LogP contribution in [0.4, 0.5) is 0 Å². The van der Waals surface area contributed by atoms with Crippen LogP contribution < -0.4 is 4.74 Å². The number of aromatic carboxylic acids is 1. The third-order valence-electron chi connectivity index (χ3n) is 3.59. The van der Waals surface area contributed by atoms with Crippen molar-refractivity contribution in [1.29, 1.82) is 0 Å². The van der Waals surface area contributed by atoms with Crippen LogP contribution >= 0.6 is 11.6 Å². The predicted octanol–water partition coefficient (Wildman–Crippen LogP) is 4.10. The number of benzene rings is 1. The zero-order chi connectivity index (χ0) is 14.8. The molecule has 3 rings (SSSR count). The van der Waals surface area contributed by atoms with Crippen LogP contribution in [0.25, 0.3) is 0 Å². The van der Waals surface area contributed by atoms with Gasteiger partial charge < -0.3 is 9.84 Å². The van der Waals surface area contributed by atoms with E-state index in [-0.39, 0.29) is 16.5 Å². The Hall–Kier alpha value is -2.07. The normalized spacial score (nSPS) is 13.6. The molecule has 1 aliphatic rings. The third kappa shape index (κ3) is 3.00. The fraction of sp³-hybridized carbons (Fsp3) is 0.250. The van der Waals surface area contributed by atoms with E-state index in [0.29, 0.717) is 5.75 Å². The van der Waals surface area contributed by atoms with Gasteiger partial charge in [0, 0.05) is 6.20 Å². The van der Waals surface area contributed by atoms with Gasteiger partial charge in [-0.25, -0.2) is 9.78 Å². The molecule has 0 saturated carbocycles. The van der Waals surface area contributed by atoms with Gasteiger partial charge in [-0.05, 0) is 55.0 Å². The lowest BCUT2D eigenvalue weighted by Gasteiger charge is -2.16. The van der Waals surface area contributed by atoms with E-state index in [4.69, 9.17) is 21.4 Å². The Bertz CT molecular complexity index is 700. The molecule has 0 radical (unpaired) electrons. The second-order valence-corrected chi connectivity index (χ2v) is 5.46. The topological polar surface area (TPSA) is 59.4 Å². The maximum Gasteiger partial charge on any atom is 0.337 e. The monoisotopic (exact) mass is 303 g/mol. The largest absolute Gasteiger partial charge is 0.478 e. The van der Waals surface area contributed by atoms with Crippen LogP contribution in [0.15, 0.2) is 30.5 Å². The number of ether oxygens (including phenoxy) is 1. The SMILES string of the molecule is O=C(O)c1cnc(Oc2ccc3c(c2)CCCC3)c(Cl)c1. The molecule has 0 unspecified atom stereocenters. The van der Waals surface area contributed by atoms with Crippen molar-refractivity contribution in [1.82, 2.24) is 4.98 Å².